The van der Waals surface area contributed by atoms with Crippen molar-refractivity contribution in [3.05, 3.63) is 41.3 Å². The van der Waals surface area contributed by atoms with E-state index in [1.54, 1.807) is 13.3 Å². The number of pyridine rings is 1. The molecule has 2 aromatic rings. The van der Waals surface area contributed by atoms with Crippen molar-refractivity contribution in [3.8, 4) is 0 Å². The van der Waals surface area contributed by atoms with Gasteiger partial charge in [-0.3, -0.25) is 4.79 Å². The van der Waals surface area contributed by atoms with Gasteiger partial charge in [0.25, 0.3) is 5.91 Å². The quantitative estimate of drug-likeness (QED) is 0.747. The number of piperidine rings is 1. The van der Waals surface area contributed by atoms with Gasteiger partial charge in [0, 0.05) is 63.5 Å². The summed E-state index contributed by atoms with van der Waals surface area (Å²) in [6, 6.07) is 6.02. The third-order valence-electron chi connectivity index (χ3n) is 6.72. The Hall–Kier alpha value is -2.74. The Balaban J connectivity index is 1.35. The number of amides is 1. The van der Waals surface area contributed by atoms with E-state index < -0.39 is 0 Å². The predicted octanol–water partition coefficient (Wildman–Crippen LogP) is 2.06. The fourth-order valence-corrected chi connectivity index (χ4v) is 5.31. The van der Waals surface area contributed by atoms with Gasteiger partial charge in [-0.1, -0.05) is 0 Å². The Bertz CT molecular complexity index is 962. The molecule has 3 aliphatic heterocycles. The van der Waals surface area contributed by atoms with E-state index in [0.717, 1.165) is 62.2 Å². The molecule has 0 aromatic carbocycles. The summed E-state index contributed by atoms with van der Waals surface area (Å²) >= 11 is 0. The highest BCUT2D eigenvalue weighted by Gasteiger charge is 2.42. The molecule has 2 aromatic heterocycles. The van der Waals surface area contributed by atoms with Crippen molar-refractivity contribution in [1.82, 2.24) is 19.9 Å². The van der Waals surface area contributed by atoms with E-state index in [1.165, 1.54) is 0 Å². The Morgan fingerprint density at radius 3 is 2.68 bits per heavy atom. The standard InChI is InChI=1S/C23H30N6O2/c1-15-9-16(2)26-23(25-15)29-12-17-10-18(29)13-28(11-17)22(30)20-5-4-7-24-21(20)27-8-6-19(14-27)31-3/h4-5,7,9,17-19H,6,8,10-14H2,1-3H3. The largest absolute Gasteiger partial charge is 0.380 e. The third-order valence-corrected chi connectivity index (χ3v) is 6.72. The van der Waals surface area contributed by atoms with Crippen molar-refractivity contribution in [2.45, 2.75) is 38.8 Å². The normalized spacial score (nSPS) is 25.4. The first-order chi connectivity index (χ1) is 15.0. The first kappa shape index (κ1) is 20.2. The molecule has 0 N–H and O–H groups in total. The first-order valence-corrected chi connectivity index (χ1v) is 11.1. The smallest absolute Gasteiger partial charge is 0.257 e. The van der Waals surface area contributed by atoms with Crippen LogP contribution >= 0.6 is 0 Å². The van der Waals surface area contributed by atoms with E-state index in [9.17, 15) is 4.79 Å². The van der Waals surface area contributed by atoms with Crippen molar-refractivity contribution in [2.75, 3.05) is 49.6 Å². The zero-order valence-electron chi connectivity index (χ0n) is 18.5. The van der Waals surface area contributed by atoms with Crippen molar-refractivity contribution in [3.63, 3.8) is 0 Å². The summed E-state index contributed by atoms with van der Waals surface area (Å²) in [7, 11) is 1.74. The molecule has 8 nitrogen and oxygen atoms in total. The lowest BCUT2D eigenvalue weighted by atomic mass is 9.99. The van der Waals surface area contributed by atoms with Gasteiger partial charge >= 0.3 is 0 Å². The molecule has 0 spiro atoms. The summed E-state index contributed by atoms with van der Waals surface area (Å²) in [5, 5.41) is 0. The minimum atomic E-state index is 0.0712. The highest BCUT2D eigenvalue weighted by atomic mass is 16.5. The van der Waals surface area contributed by atoms with Crippen LogP contribution in [0, 0.1) is 19.8 Å². The minimum Gasteiger partial charge on any atom is -0.380 e. The van der Waals surface area contributed by atoms with Gasteiger partial charge in [-0.15, -0.1) is 0 Å². The van der Waals surface area contributed by atoms with Crippen LogP contribution in [0.25, 0.3) is 0 Å². The number of anilines is 2. The molecular formula is C23H30N6O2. The number of nitrogens with zero attached hydrogens (tertiary/aromatic N) is 6. The number of methoxy groups -OCH3 is 1. The Labute approximate surface area is 183 Å². The number of hydrogen-bond donors (Lipinski definition) is 0. The van der Waals surface area contributed by atoms with Crippen molar-refractivity contribution < 1.29 is 9.53 Å². The van der Waals surface area contributed by atoms with Gasteiger partial charge in [-0.25, -0.2) is 15.0 Å². The Morgan fingerprint density at radius 2 is 1.94 bits per heavy atom. The summed E-state index contributed by atoms with van der Waals surface area (Å²) in [6.45, 7) is 8.01. The van der Waals surface area contributed by atoms with Gasteiger partial charge in [-0.05, 0) is 50.8 Å². The summed E-state index contributed by atoms with van der Waals surface area (Å²) in [5.41, 5.74) is 2.66. The van der Waals surface area contributed by atoms with Crippen molar-refractivity contribution >= 4 is 17.7 Å². The molecule has 3 unspecified atom stereocenters. The van der Waals surface area contributed by atoms with Gasteiger partial charge in [-0.2, -0.15) is 0 Å². The average Bonchev–Trinajstić information content (AvgIpc) is 3.36. The number of rotatable bonds is 4. The number of likely N-dealkylation sites (tertiary alicyclic amines) is 1. The van der Waals surface area contributed by atoms with Gasteiger partial charge in [0.05, 0.1) is 11.7 Å². The number of aryl methyl sites for hydroxylation is 2. The van der Waals surface area contributed by atoms with Crippen LogP contribution in [0.3, 0.4) is 0 Å². The molecule has 3 aliphatic rings. The third kappa shape index (κ3) is 3.84. The number of fused-ring (bicyclic) bond motifs is 2. The number of ether oxygens (including phenoxy) is 1. The second-order valence-electron chi connectivity index (χ2n) is 9.04. The molecule has 3 fully saturated rings. The zero-order chi connectivity index (χ0) is 21.5. The molecule has 5 rings (SSSR count). The van der Waals surface area contributed by atoms with E-state index in [-0.39, 0.29) is 18.1 Å². The molecule has 2 bridgehead atoms. The number of carbonyl (C=O) groups is 1. The summed E-state index contributed by atoms with van der Waals surface area (Å²) < 4.78 is 5.50. The van der Waals surface area contributed by atoms with Crippen molar-refractivity contribution in [1.29, 1.82) is 0 Å². The lowest BCUT2D eigenvalue weighted by Gasteiger charge is -2.33. The van der Waals surface area contributed by atoms with E-state index in [2.05, 4.69) is 24.8 Å². The summed E-state index contributed by atoms with van der Waals surface area (Å²) in [4.78, 5) is 34.0. The fraction of sp³-hybridized carbons (Fsp3) is 0.565. The lowest BCUT2D eigenvalue weighted by Crippen LogP contribution is -2.46. The number of hydrogen-bond acceptors (Lipinski definition) is 7. The molecule has 3 saturated heterocycles. The van der Waals surface area contributed by atoms with Crippen LogP contribution in [0.15, 0.2) is 24.4 Å². The van der Waals surface area contributed by atoms with Crippen LogP contribution in [0.2, 0.25) is 0 Å². The molecule has 1 amide bonds. The van der Waals surface area contributed by atoms with E-state index in [1.807, 2.05) is 36.9 Å². The molecule has 0 saturated carbocycles. The number of carbonyl (C=O) groups excluding carboxylic acids is 1. The minimum absolute atomic E-state index is 0.0712. The SMILES string of the molecule is COC1CCN(c2ncccc2C(=O)N2CC3CC(C2)N(c2nc(C)cc(C)n2)C3)C1. The fourth-order valence-electron chi connectivity index (χ4n) is 5.31. The van der Waals surface area contributed by atoms with Crippen molar-refractivity contribution in [2.24, 2.45) is 5.92 Å². The van der Waals surface area contributed by atoms with E-state index in [4.69, 9.17) is 4.74 Å². The first-order valence-electron chi connectivity index (χ1n) is 11.1. The maximum Gasteiger partial charge on any atom is 0.257 e. The van der Waals surface area contributed by atoms with Crippen LogP contribution < -0.4 is 9.80 Å². The average molecular weight is 423 g/mol. The second-order valence-corrected chi connectivity index (χ2v) is 9.04. The molecule has 164 valence electrons. The molecule has 0 radical (unpaired) electrons. The topological polar surface area (TPSA) is 74.7 Å². The lowest BCUT2D eigenvalue weighted by molar-refractivity contribution is 0.0694. The molecular weight excluding hydrogens is 392 g/mol. The number of aromatic nitrogens is 3. The van der Waals surface area contributed by atoms with Crippen LogP contribution in [-0.2, 0) is 4.74 Å². The highest BCUT2D eigenvalue weighted by Crippen LogP contribution is 2.34. The molecule has 31 heavy (non-hydrogen) atoms. The molecule has 0 aliphatic carbocycles. The zero-order valence-corrected chi connectivity index (χ0v) is 18.5. The van der Waals surface area contributed by atoms with Gasteiger partial charge < -0.3 is 19.4 Å². The van der Waals surface area contributed by atoms with Crippen LogP contribution in [0.1, 0.15) is 34.6 Å². The monoisotopic (exact) mass is 422 g/mol. The Kier molecular flexibility index (Phi) is 5.25. The van der Waals surface area contributed by atoms with Crippen LogP contribution in [0.4, 0.5) is 11.8 Å². The van der Waals surface area contributed by atoms with Crippen LogP contribution in [0.5, 0.6) is 0 Å². The van der Waals surface area contributed by atoms with Gasteiger partial charge in [0.1, 0.15) is 5.82 Å². The second kappa shape index (κ2) is 8.07. The van der Waals surface area contributed by atoms with Gasteiger partial charge in [0.15, 0.2) is 0 Å². The maximum absolute atomic E-state index is 13.6. The molecule has 3 atom stereocenters. The highest BCUT2D eigenvalue weighted by molar-refractivity contribution is 5.99. The van der Waals surface area contributed by atoms with Crippen LogP contribution in [-0.4, -0.2) is 77.7 Å². The summed E-state index contributed by atoms with van der Waals surface area (Å²) in [5.74, 6) is 2.09. The Morgan fingerprint density at radius 1 is 1.13 bits per heavy atom. The summed E-state index contributed by atoms with van der Waals surface area (Å²) in [6.07, 6.45) is 4.01. The maximum atomic E-state index is 13.6. The molecule has 5 heterocycles. The predicted molar refractivity (Wildman–Crippen MR) is 119 cm³/mol. The van der Waals surface area contributed by atoms with E-state index >= 15 is 0 Å². The molecule has 8 heteroatoms. The van der Waals surface area contributed by atoms with E-state index in [0.29, 0.717) is 18.0 Å². The van der Waals surface area contributed by atoms with Gasteiger partial charge in [0.2, 0.25) is 5.95 Å².